The molecule has 2 aromatic rings. The molecule has 3 rings (SSSR count). The van der Waals surface area contributed by atoms with Gasteiger partial charge in [0.2, 0.25) is 10.0 Å². The minimum Gasteiger partial charge on any atom is -0.334 e. The van der Waals surface area contributed by atoms with Crippen molar-refractivity contribution in [3.8, 4) is 6.07 Å². The molecule has 1 aromatic heterocycles. The first-order chi connectivity index (χ1) is 11.5. The smallest absolute Gasteiger partial charge is 0.218 e. The lowest BCUT2D eigenvalue weighted by Crippen LogP contribution is -2.38. The molecule has 0 amide bonds. The van der Waals surface area contributed by atoms with Gasteiger partial charge in [0.05, 0.1) is 17.4 Å². The highest BCUT2D eigenvalue weighted by atomic mass is 32.2. The second-order valence-electron chi connectivity index (χ2n) is 6.10. The number of imidazole rings is 1. The fourth-order valence-electron chi connectivity index (χ4n) is 3.21. The zero-order valence-corrected chi connectivity index (χ0v) is 14.4. The lowest BCUT2D eigenvalue weighted by atomic mass is 10.2. The molecule has 1 aliphatic rings. The number of aryl methyl sites for hydroxylation is 1. The van der Waals surface area contributed by atoms with Crippen molar-refractivity contribution in [1.82, 2.24) is 13.9 Å². The Morgan fingerprint density at radius 1 is 1.42 bits per heavy atom. The summed E-state index contributed by atoms with van der Waals surface area (Å²) in [6.45, 7) is 3.10. The first-order valence-electron chi connectivity index (χ1n) is 7.96. The third-order valence-electron chi connectivity index (χ3n) is 4.42. The zero-order chi connectivity index (χ0) is 17.2. The molecule has 0 radical (unpaired) electrons. The van der Waals surface area contributed by atoms with Crippen LogP contribution >= 0.6 is 0 Å². The van der Waals surface area contributed by atoms with Crippen LogP contribution < -0.4 is 0 Å². The number of aromatic nitrogens is 2. The third kappa shape index (κ3) is 3.50. The Hall–Kier alpha value is -2.17. The van der Waals surface area contributed by atoms with E-state index in [-0.39, 0.29) is 11.8 Å². The number of benzene rings is 1. The van der Waals surface area contributed by atoms with Gasteiger partial charge < -0.3 is 4.57 Å². The second-order valence-corrected chi connectivity index (χ2v) is 8.02. The number of hydrogen-bond acceptors (Lipinski definition) is 4. The molecule has 1 aliphatic heterocycles. The maximum atomic E-state index is 12.8. The number of rotatable bonds is 5. The molecule has 1 fully saturated rings. The Balaban J connectivity index is 1.77. The van der Waals surface area contributed by atoms with E-state index in [4.69, 9.17) is 5.26 Å². The fraction of sp³-hybridized carbons (Fsp3) is 0.412. The summed E-state index contributed by atoms with van der Waals surface area (Å²) in [4.78, 5) is 4.20. The number of sulfonamides is 1. The van der Waals surface area contributed by atoms with Crippen LogP contribution in [0.5, 0.6) is 0 Å². The van der Waals surface area contributed by atoms with E-state index >= 15 is 0 Å². The van der Waals surface area contributed by atoms with Crippen LogP contribution in [0, 0.1) is 18.3 Å². The first kappa shape index (κ1) is 16.7. The summed E-state index contributed by atoms with van der Waals surface area (Å²) in [5, 5.41) is 8.97. The topological polar surface area (TPSA) is 79.0 Å². The summed E-state index contributed by atoms with van der Waals surface area (Å²) in [7, 11) is -3.41. The highest BCUT2D eigenvalue weighted by Gasteiger charge is 2.34. The van der Waals surface area contributed by atoms with Crippen LogP contribution in [0.4, 0.5) is 0 Å². The van der Waals surface area contributed by atoms with Crippen molar-refractivity contribution in [2.24, 2.45) is 0 Å². The lowest BCUT2D eigenvalue weighted by molar-refractivity contribution is 0.349. The SMILES string of the molecule is Cc1nccn1C[C@@H]1CCCN1S(=O)(=O)Cc1cccc(C#N)c1. The van der Waals surface area contributed by atoms with Crippen molar-refractivity contribution in [3.05, 3.63) is 53.6 Å². The maximum Gasteiger partial charge on any atom is 0.218 e. The molecule has 0 bridgehead atoms. The molecule has 24 heavy (non-hydrogen) atoms. The monoisotopic (exact) mass is 344 g/mol. The van der Waals surface area contributed by atoms with Crippen LogP contribution in [0.25, 0.3) is 0 Å². The molecule has 126 valence electrons. The fourth-order valence-corrected chi connectivity index (χ4v) is 5.01. The minimum atomic E-state index is -3.41. The molecule has 7 heteroatoms. The number of nitriles is 1. The van der Waals surface area contributed by atoms with Crippen molar-refractivity contribution in [3.63, 3.8) is 0 Å². The molecule has 6 nitrogen and oxygen atoms in total. The highest BCUT2D eigenvalue weighted by molar-refractivity contribution is 7.88. The van der Waals surface area contributed by atoms with Gasteiger partial charge in [-0.1, -0.05) is 12.1 Å². The van der Waals surface area contributed by atoms with E-state index in [2.05, 4.69) is 4.98 Å². The van der Waals surface area contributed by atoms with Gasteiger partial charge in [0.15, 0.2) is 0 Å². The quantitative estimate of drug-likeness (QED) is 0.831. The van der Waals surface area contributed by atoms with Crippen molar-refractivity contribution in [1.29, 1.82) is 5.26 Å². The zero-order valence-electron chi connectivity index (χ0n) is 13.6. The van der Waals surface area contributed by atoms with E-state index < -0.39 is 10.0 Å². The molecule has 1 saturated heterocycles. The van der Waals surface area contributed by atoms with Gasteiger partial charge in [0.25, 0.3) is 0 Å². The summed E-state index contributed by atoms with van der Waals surface area (Å²) >= 11 is 0. The molecule has 0 unspecified atom stereocenters. The van der Waals surface area contributed by atoms with E-state index in [1.807, 2.05) is 23.8 Å². The van der Waals surface area contributed by atoms with Crippen LogP contribution in [0.2, 0.25) is 0 Å². The summed E-state index contributed by atoms with van der Waals surface area (Å²) < 4.78 is 29.3. The number of hydrogen-bond donors (Lipinski definition) is 0. The van der Waals surface area contributed by atoms with Crippen LogP contribution in [-0.2, 0) is 22.3 Å². The average Bonchev–Trinajstić information content (AvgIpc) is 3.17. The molecule has 2 heterocycles. The summed E-state index contributed by atoms with van der Waals surface area (Å²) in [6, 6.07) is 8.80. The molecule has 0 saturated carbocycles. The standard InChI is InChI=1S/C17H20N4O2S/c1-14-19-7-9-20(14)12-17-6-3-8-21(17)24(22,23)13-16-5-2-4-15(10-16)11-18/h2,4-5,7,9-10,17H,3,6,8,12-13H2,1H3/t17-/m0/s1. The van der Waals surface area contributed by atoms with Gasteiger partial charge in [-0.15, -0.1) is 0 Å². The summed E-state index contributed by atoms with van der Waals surface area (Å²) in [5.41, 5.74) is 1.13. The predicted octanol–water partition coefficient (Wildman–Crippen LogP) is 2.06. The van der Waals surface area contributed by atoms with Gasteiger partial charge in [-0.05, 0) is 37.5 Å². The lowest BCUT2D eigenvalue weighted by Gasteiger charge is -2.25. The van der Waals surface area contributed by atoms with Crippen molar-refractivity contribution in [2.75, 3.05) is 6.54 Å². The summed E-state index contributed by atoms with van der Waals surface area (Å²) in [6.07, 6.45) is 5.34. The van der Waals surface area contributed by atoms with Gasteiger partial charge in [-0.25, -0.2) is 13.4 Å². The van der Waals surface area contributed by atoms with Gasteiger partial charge in [0, 0.05) is 31.5 Å². The maximum absolute atomic E-state index is 12.8. The Morgan fingerprint density at radius 3 is 2.96 bits per heavy atom. The van der Waals surface area contributed by atoms with Crippen LogP contribution in [-0.4, -0.2) is 34.9 Å². The van der Waals surface area contributed by atoms with Crippen molar-refractivity contribution >= 4 is 10.0 Å². The van der Waals surface area contributed by atoms with Gasteiger partial charge in [-0.2, -0.15) is 9.57 Å². The first-order valence-corrected chi connectivity index (χ1v) is 9.57. The van der Waals surface area contributed by atoms with Gasteiger partial charge >= 0.3 is 0 Å². The highest BCUT2D eigenvalue weighted by Crippen LogP contribution is 2.25. The number of nitrogens with zero attached hydrogens (tertiary/aromatic N) is 4. The van der Waals surface area contributed by atoms with Crippen LogP contribution in [0.15, 0.2) is 36.7 Å². The third-order valence-corrected chi connectivity index (χ3v) is 6.31. The molecule has 0 spiro atoms. The largest absolute Gasteiger partial charge is 0.334 e. The second kappa shape index (κ2) is 6.75. The Bertz CT molecular complexity index is 867. The van der Waals surface area contributed by atoms with E-state index in [1.54, 1.807) is 34.8 Å². The molecule has 0 aliphatic carbocycles. The van der Waals surface area contributed by atoms with E-state index in [1.165, 1.54) is 0 Å². The van der Waals surface area contributed by atoms with Crippen LogP contribution in [0.3, 0.4) is 0 Å². The molecule has 1 atom stereocenters. The molecule has 1 aromatic carbocycles. The predicted molar refractivity (Wildman–Crippen MR) is 90.5 cm³/mol. The van der Waals surface area contributed by atoms with Gasteiger partial charge in [0.1, 0.15) is 5.82 Å². The van der Waals surface area contributed by atoms with Crippen molar-refractivity contribution < 1.29 is 8.42 Å². The summed E-state index contributed by atoms with van der Waals surface area (Å²) in [5.74, 6) is 0.822. The van der Waals surface area contributed by atoms with E-state index in [9.17, 15) is 8.42 Å². The van der Waals surface area contributed by atoms with Crippen LogP contribution in [0.1, 0.15) is 29.8 Å². The Labute approximate surface area is 142 Å². The molecular weight excluding hydrogens is 324 g/mol. The molecule has 0 N–H and O–H groups in total. The van der Waals surface area contributed by atoms with E-state index in [0.717, 1.165) is 18.7 Å². The Kier molecular flexibility index (Phi) is 4.69. The van der Waals surface area contributed by atoms with Crippen molar-refractivity contribution in [2.45, 2.75) is 38.1 Å². The Morgan fingerprint density at radius 2 is 2.25 bits per heavy atom. The van der Waals surface area contributed by atoms with E-state index in [0.29, 0.717) is 24.2 Å². The average molecular weight is 344 g/mol. The normalized spacial score (nSPS) is 18.6. The molecular formula is C17H20N4O2S. The van der Waals surface area contributed by atoms with Gasteiger partial charge in [-0.3, -0.25) is 0 Å². The minimum absolute atomic E-state index is 0.0398.